The van der Waals surface area contributed by atoms with E-state index in [1.807, 2.05) is 60.4 Å². The fourth-order valence-electron chi connectivity index (χ4n) is 2.80. The molecule has 0 bridgehead atoms. The monoisotopic (exact) mass is 432 g/mol. The lowest BCUT2D eigenvalue weighted by molar-refractivity contribution is -0.145. The highest BCUT2D eigenvalue weighted by atomic mass is 79.9. The molecule has 0 saturated carbocycles. The number of ether oxygens (including phenoxy) is 1. The van der Waals surface area contributed by atoms with Crippen molar-refractivity contribution in [1.29, 1.82) is 0 Å². The van der Waals surface area contributed by atoms with E-state index < -0.39 is 0 Å². The number of aryl methyl sites for hydroxylation is 1. The van der Waals surface area contributed by atoms with Crippen LogP contribution in [-0.2, 0) is 20.9 Å². The Hall–Kier alpha value is -2.18. The summed E-state index contributed by atoms with van der Waals surface area (Å²) in [6.07, 6.45) is 0. The van der Waals surface area contributed by atoms with Crippen molar-refractivity contribution in [3.05, 3.63) is 64.1 Å². The van der Waals surface area contributed by atoms with Crippen molar-refractivity contribution in [2.45, 2.75) is 20.4 Å². The zero-order valence-electron chi connectivity index (χ0n) is 15.9. The molecule has 144 valence electrons. The number of hydrogen-bond acceptors (Lipinski definition) is 4. The van der Waals surface area contributed by atoms with Gasteiger partial charge in [0, 0.05) is 17.6 Å². The zero-order valence-corrected chi connectivity index (χ0v) is 17.5. The van der Waals surface area contributed by atoms with E-state index in [1.54, 1.807) is 6.92 Å². The number of rotatable bonds is 8. The molecule has 2 rings (SSSR count). The molecule has 2 aromatic rings. The van der Waals surface area contributed by atoms with Crippen molar-refractivity contribution in [1.82, 2.24) is 4.90 Å². The first-order chi connectivity index (χ1) is 12.9. The molecular formula is C21H25BrN2O3. The van der Waals surface area contributed by atoms with Crippen molar-refractivity contribution in [2.24, 2.45) is 5.92 Å². The summed E-state index contributed by atoms with van der Waals surface area (Å²) in [4.78, 5) is 26.3. The predicted octanol–water partition coefficient (Wildman–Crippen LogP) is 4.01. The Bertz CT molecular complexity index is 780. The van der Waals surface area contributed by atoms with Gasteiger partial charge in [0.2, 0.25) is 5.91 Å². The highest BCUT2D eigenvalue weighted by Gasteiger charge is 2.20. The quantitative estimate of drug-likeness (QED) is 0.640. The molecule has 1 atom stereocenters. The molecule has 0 spiro atoms. The number of halogens is 1. The molecule has 0 saturated heterocycles. The maximum Gasteiger partial charge on any atom is 0.309 e. The molecular weight excluding hydrogens is 408 g/mol. The first-order valence-electron chi connectivity index (χ1n) is 8.79. The lowest BCUT2D eigenvalue weighted by atomic mass is 10.1. The Morgan fingerprint density at radius 2 is 1.89 bits per heavy atom. The summed E-state index contributed by atoms with van der Waals surface area (Å²) < 4.78 is 5.66. The van der Waals surface area contributed by atoms with E-state index in [9.17, 15) is 9.59 Å². The van der Waals surface area contributed by atoms with Crippen molar-refractivity contribution < 1.29 is 14.3 Å². The van der Waals surface area contributed by atoms with Gasteiger partial charge in [-0.25, -0.2) is 0 Å². The minimum Gasteiger partial charge on any atom is -0.469 e. The molecule has 1 amide bonds. The molecule has 0 heterocycles. The van der Waals surface area contributed by atoms with Crippen molar-refractivity contribution in [3.8, 4) is 0 Å². The van der Waals surface area contributed by atoms with Crippen LogP contribution in [0.15, 0.2) is 53.0 Å². The number of hydrogen-bond donors (Lipinski definition) is 1. The number of carbonyl (C=O) groups is 2. The third-order valence-electron chi connectivity index (χ3n) is 4.15. The fourth-order valence-corrected chi connectivity index (χ4v) is 3.40. The maximum absolute atomic E-state index is 12.6. The summed E-state index contributed by atoms with van der Waals surface area (Å²) in [6, 6.07) is 15.6. The average Bonchev–Trinajstić information content (AvgIpc) is 2.64. The van der Waals surface area contributed by atoms with Crippen molar-refractivity contribution in [2.75, 3.05) is 25.5 Å². The Labute approximate surface area is 168 Å². The van der Waals surface area contributed by atoms with Gasteiger partial charge in [0.15, 0.2) is 0 Å². The second-order valence-corrected chi connectivity index (χ2v) is 7.47. The molecule has 2 aromatic carbocycles. The second-order valence-electron chi connectivity index (χ2n) is 6.61. The summed E-state index contributed by atoms with van der Waals surface area (Å²) in [7, 11) is 1.38. The van der Waals surface area contributed by atoms with Gasteiger partial charge in [-0.1, -0.05) is 43.3 Å². The van der Waals surface area contributed by atoms with Gasteiger partial charge in [-0.3, -0.25) is 14.5 Å². The van der Waals surface area contributed by atoms with Crippen LogP contribution in [0.5, 0.6) is 0 Å². The van der Waals surface area contributed by atoms with E-state index in [0.717, 1.165) is 21.3 Å². The molecule has 1 unspecified atom stereocenters. The number of esters is 1. The summed E-state index contributed by atoms with van der Waals surface area (Å²) in [5.41, 5.74) is 2.92. The number of carbonyl (C=O) groups excluding carboxylic acids is 2. The Balaban J connectivity index is 2.07. The molecule has 6 heteroatoms. The van der Waals surface area contributed by atoms with E-state index in [1.165, 1.54) is 7.11 Å². The fraction of sp³-hybridized carbons (Fsp3) is 0.333. The number of anilines is 1. The van der Waals surface area contributed by atoms with Gasteiger partial charge in [0.05, 0.1) is 25.3 Å². The van der Waals surface area contributed by atoms with E-state index in [4.69, 9.17) is 4.74 Å². The topological polar surface area (TPSA) is 58.6 Å². The van der Waals surface area contributed by atoms with Gasteiger partial charge in [-0.05, 0) is 46.1 Å². The van der Waals surface area contributed by atoms with Crippen LogP contribution in [0.4, 0.5) is 5.69 Å². The number of nitrogens with zero attached hydrogens (tertiary/aromatic N) is 1. The van der Waals surface area contributed by atoms with E-state index >= 15 is 0 Å². The smallest absolute Gasteiger partial charge is 0.309 e. The van der Waals surface area contributed by atoms with Crippen LogP contribution >= 0.6 is 15.9 Å². The van der Waals surface area contributed by atoms with Crippen molar-refractivity contribution in [3.63, 3.8) is 0 Å². The minimum atomic E-state index is -0.322. The number of benzene rings is 2. The van der Waals surface area contributed by atoms with Crippen LogP contribution in [0.2, 0.25) is 0 Å². The average molecular weight is 433 g/mol. The molecule has 27 heavy (non-hydrogen) atoms. The van der Waals surface area contributed by atoms with E-state index in [2.05, 4.69) is 21.2 Å². The van der Waals surface area contributed by atoms with Gasteiger partial charge in [-0.15, -0.1) is 0 Å². The molecule has 0 aromatic heterocycles. The van der Waals surface area contributed by atoms with Crippen LogP contribution in [-0.4, -0.2) is 37.0 Å². The highest BCUT2D eigenvalue weighted by Crippen LogP contribution is 2.23. The SMILES string of the molecule is COC(=O)C(C)CN(CC(=O)Nc1ccc(C)cc1Br)Cc1ccccc1. The number of methoxy groups -OCH3 is 1. The maximum atomic E-state index is 12.6. The first kappa shape index (κ1) is 21.1. The Morgan fingerprint density at radius 1 is 1.19 bits per heavy atom. The Kier molecular flexibility index (Phi) is 8.00. The lowest BCUT2D eigenvalue weighted by Gasteiger charge is -2.24. The van der Waals surface area contributed by atoms with Crippen LogP contribution in [0, 0.1) is 12.8 Å². The Morgan fingerprint density at radius 3 is 2.52 bits per heavy atom. The molecule has 0 radical (unpaired) electrons. The molecule has 0 fully saturated rings. The summed E-state index contributed by atoms with van der Waals surface area (Å²) in [6.45, 7) is 4.98. The standard InChI is InChI=1S/C21H25BrN2O3/c1-15-9-10-19(18(22)11-15)23-20(25)14-24(12-16(2)21(26)27-3)13-17-7-5-4-6-8-17/h4-11,16H,12-14H2,1-3H3,(H,23,25). The van der Waals surface area contributed by atoms with Crippen molar-refractivity contribution >= 4 is 33.5 Å². The zero-order chi connectivity index (χ0) is 19.8. The van der Waals surface area contributed by atoms with Gasteiger partial charge in [0.25, 0.3) is 0 Å². The summed E-state index contributed by atoms with van der Waals surface area (Å²) in [5, 5.41) is 2.93. The normalized spacial score (nSPS) is 11.9. The van der Waals surface area contributed by atoms with Gasteiger partial charge in [0.1, 0.15) is 0 Å². The first-order valence-corrected chi connectivity index (χ1v) is 9.58. The van der Waals surface area contributed by atoms with Gasteiger partial charge < -0.3 is 10.1 Å². The molecule has 0 aliphatic heterocycles. The summed E-state index contributed by atoms with van der Waals surface area (Å²) in [5.74, 6) is -0.736. The minimum absolute atomic E-state index is 0.132. The van der Waals surface area contributed by atoms with Crippen LogP contribution < -0.4 is 5.32 Å². The molecule has 0 aliphatic rings. The van der Waals surface area contributed by atoms with Crippen LogP contribution in [0.25, 0.3) is 0 Å². The highest BCUT2D eigenvalue weighted by molar-refractivity contribution is 9.10. The number of amides is 1. The predicted molar refractivity (Wildman–Crippen MR) is 110 cm³/mol. The van der Waals surface area contributed by atoms with Crippen LogP contribution in [0.3, 0.4) is 0 Å². The molecule has 5 nitrogen and oxygen atoms in total. The van der Waals surface area contributed by atoms with Gasteiger partial charge in [-0.2, -0.15) is 0 Å². The van der Waals surface area contributed by atoms with Crippen LogP contribution in [0.1, 0.15) is 18.1 Å². The third-order valence-corrected chi connectivity index (χ3v) is 4.81. The van der Waals surface area contributed by atoms with Gasteiger partial charge >= 0.3 is 5.97 Å². The van der Waals surface area contributed by atoms with E-state index in [0.29, 0.717) is 13.1 Å². The third kappa shape index (κ3) is 6.81. The number of nitrogens with one attached hydrogen (secondary N) is 1. The summed E-state index contributed by atoms with van der Waals surface area (Å²) >= 11 is 3.47. The lowest BCUT2D eigenvalue weighted by Crippen LogP contribution is -2.37. The van der Waals surface area contributed by atoms with E-state index in [-0.39, 0.29) is 24.3 Å². The largest absolute Gasteiger partial charge is 0.469 e. The second kappa shape index (κ2) is 10.2. The molecule has 1 N–H and O–H groups in total. The molecule has 0 aliphatic carbocycles.